The van der Waals surface area contributed by atoms with E-state index in [4.69, 9.17) is 12.3 Å². The van der Waals surface area contributed by atoms with Crippen molar-refractivity contribution in [3.05, 3.63) is 30.6 Å². The van der Waals surface area contributed by atoms with Crippen LogP contribution < -0.4 is 5.73 Å². The van der Waals surface area contributed by atoms with Crippen molar-refractivity contribution in [1.82, 2.24) is 0 Å². The molecule has 0 fully saturated rings. The first-order chi connectivity index (χ1) is 3.31. The summed E-state index contributed by atoms with van der Waals surface area (Å²) >= 11 is 4.18. The molecule has 0 amide bonds. The molecule has 0 spiro atoms. The molecule has 0 heterocycles. The monoisotopic (exact) mass is 154 g/mol. The second-order valence-corrected chi connectivity index (χ2v) is 1.27. The van der Waals surface area contributed by atoms with Crippen LogP contribution in [0.15, 0.2) is 17.8 Å². The zero-order valence-corrected chi connectivity index (χ0v) is 5.27. The molecule has 0 radical (unpaired) electrons. The summed E-state index contributed by atoms with van der Waals surface area (Å²) in [5.74, 6) is 0. The quantitative estimate of drug-likeness (QED) is 0.359. The maximum atomic E-state index is 5.17. The SMILES string of the molecule is [CH-]=C/C(N)=C\[CH]=[Ni].[NH2-]. The van der Waals surface area contributed by atoms with E-state index in [1.54, 1.807) is 6.08 Å². The molecule has 0 unspecified atom stereocenters. The molecule has 0 rings (SSSR count). The predicted molar refractivity (Wildman–Crippen MR) is 32.5 cm³/mol. The molecule has 0 saturated heterocycles. The van der Waals surface area contributed by atoms with Crippen LogP contribution in [0.4, 0.5) is 0 Å². The zero-order valence-electron chi connectivity index (χ0n) is 4.28. The molecule has 0 aliphatic carbocycles. The van der Waals surface area contributed by atoms with Gasteiger partial charge in [-0.25, -0.2) is 0 Å². The third kappa shape index (κ3) is 5.60. The Kier molecular flexibility index (Phi) is 8.72. The molecule has 0 aromatic rings. The van der Waals surface area contributed by atoms with Gasteiger partial charge in [-0.05, 0) is 0 Å². The Balaban J connectivity index is 0. The molecule has 0 saturated carbocycles. The van der Waals surface area contributed by atoms with E-state index in [1.807, 2.05) is 0 Å². The second kappa shape index (κ2) is 6.60. The molecule has 4 N–H and O–H groups in total. The summed E-state index contributed by atoms with van der Waals surface area (Å²) in [6, 6.07) is 0. The summed E-state index contributed by atoms with van der Waals surface area (Å²) in [5.41, 5.74) is 5.68. The van der Waals surface area contributed by atoms with Gasteiger partial charge in [0, 0.05) is 0 Å². The fourth-order valence-electron chi connectivity index (χ4n) is 0.116. The normalized spacial score (nSPS) is 9.50. The number of allylic oxidation sites excluding steroid dienone is 2. The van der Waals surface area contributed by atoms with Crippen molar-refractivity contribution in [2.45, 2.75) is 0 Å². The molecule has 50 valence electrons. The van der Waals surface area contributed by atoms with Gasteiger partial charge < -0.3 is 6.15 Å². The Morgan fingerprint density at radius 3 is 2.25 bits per heavy atom. The van der Waals surface area contributed by atoms with Gasteiger partial charge in [-0.15, -0.1) is 0 Å². The van der Waals surface area contributed by atoms with Crippen molar-refractivity contribution in [2.75, 3.05) is 0 Å². The first-order valence-electron chi connectivity index (χ1n) is 1.72. The van der Waals surface area contributed by atoms with Gasteiger partial charge in [0.15, 0.2) is 0 Å². The molecule has 0 aromatic carbocycles. The van der Waals surface area contributed by atoms with Crippen molar-refractivity contribution in [3.63, 3.8) is 0 Å². The average Bonchev–Trinajstić information content (AvgIpc) is 1.68. The third-order valence-electron chi connectivity index (χ3n) is 0.438. The van der Waals surface area contributed by atoms with Crippen LogP contribution in [0.25, 0.3) is 6.15 Å². The molecule has 3 heteroatoms. The number of hydrogen-bond donors (Lipinski definition) is 1. The minimum absolute atomic E-state index is 0. The molecule has 8 heavy (non-hydrogen) atoms. The van der Waals surface area contributed by atoms with Crippen LogP contribution >= 0.6 is 0 Å². The van der Waals surface area contributed by atoms with Crippen molar-refractivity contribution >= 4 is 4.99 Å². The Bertz CT molecular complexity index is 107. The zero-order chi connectivity index (χ0) is 5.70. The van der Waals surface area contributed by atoms with Crippen LogP contribution in [0.5, 0.6) is 0 Å². The van der Waals surface area contributed by atoms with E-state index in [2.05, 4.69) is 15.0 Å². The minimum Gasteiger partial charge on any atom is -0.693 e. The van der Waals surface area contributed by atoms with Crippen LogP contribution in [0, 0.1) is 6.58 Å². The molecule has 2 nitrogen and oxygen atoms in total. The van der Waals surface area contributed by atoms with Crippen molar-refractivity contribution in [2.24, 2.45) is 5.73 Å². The second-order valence-electron chi connectivity index (χ2n) is 0.939. The predicted octanol–water partition coefficient (Wildman–Crippen LogP) is 0.884. The fourth-order valence-corrected chi connectivity index (χ4v) is 0.306. The Morgan fingerprint density at radius 2 is 2.12 bits per heavy atom. The van der Waals surface area contributed by atoms with E-state index in [9.17, 15) is 0 Å². The van der Waals surface area contributed by atoms with Gasteiger partial charge in [-0.2, -0.15) is 0 Å². The van der Waals surface area contributed by atoms with E-state index in [0.717, 1.165) is 0 Å². The van der Waals surface area contributed by atoms with Gasteiger partial charge in [-0.1, -0.05) is 0 Å². The molecule has 0 atom stereocenters. The van der Waals surface area contributed by atoms with Crippen LogP contribution in [0.2, 0.25) is 0 Å². The Labute approximate surface area is 57.0 Å². The minimum atomic E-state index is 0. The molecular formula is C5H8N2Ni-2. The van der Waals surface area contributed by atoms with Crippen molar-refractivity contribution in [3.8, 4) is 0 Å². The summed E-state index contributed by atoms with van der Waals surface area (Å²) in [6.07, 6.45) is 2.87. The first-order valence-corrected chi connectivity index (χ1v) is 2.29. The van der Waals surface area contributed by atoms with E-state index in [1.165, 1.54) is 11.1 Å². The fraction of sp³-hybridized carbons (Fsp3) is 0. The molecule has 0 aromatic heterocycles. The van der Waals surface area contributed by atoms with E-state index in [-0.39, 0.29) is 6.15 Å². The standard InChI is InChI=1S/C5H6N.H2N.Ni/c1-3-5(6)4-2;;/h1-4H,6H2;1H2;/q2*-1;/b5-3+;;. The molecule has 0 aliphatic rings. The number of rotatable bonds is 2. The van der Waals surface area contributed by atoms with Crippen LogP contribution in [-0.4, -0.2) is 4.99 Å². The van der Waals surface area contributed by atoms with Gasteiger partial charge in [0.2, 0.25) is 0 Å². The summed E-state index contributed by atoms with van der Waals surface area (Å²) in [5, 5.41) is 0. The van der Waals surface area contributed by atoms with Gasteiger partial charge >= 0.3 is 50.2 Å². The van der Waals surface area contributed by atoms with Gasteiger partial charge in [0.1, 0.15) is 0 Å². The number of hydrogen-bond acceptors (Lipinski definition) is 1. The molecular weight excluding hydrogens is 147 g/mol. The van der Waals surface area contributed by atoms with Crippen molar-refractivity contribution < 1.29 is 15.0 Å². The van der Waals surface area contributed by atoms with E-state index < -0.39 is 0 Å². The largest absolute Gasteiger partial charge is 0.693 e. The average molecular weight is 155 g/mol. The summed E-state index contributed by atoms with van der Waals surface area (Å²) in [4.78, 5) is 1.46. The first kappa shape index (κ1) is 10.6. The molecule has 0 aliphatic heterocycles. The van der Waals surface area contributed by atoms with Crippen LogP contribution in [0.1, 0.15) is 0 Å². The third-order valence-corrected chi connectivity index (χ3v) is 0.602. The van der Waals surface area contributed by atoms with Crippen molar-refractivity contribution in [1.29, 1.82) is 0 Å². The summed E-state index contributed by atoms with van der Waals surface area (Å²) < 4.78 is 0. The Hall–Kier alpha value is -0.396. The van der Waals surface area contributed by atoms with Crippen LogP contribution in [-0.2, 0) is 15.0 Å². The van der Waals surface area contributed by atoms with Gasteiger partial charge in [0.05, 0.1) is 0 Å². The van der Waals surface area contributed by atoms with Gasteiger partial charge in [-0.3, -0.25) is 0 Å². The summed E-state index contributed by atoms with van der Waals surface area (Å²) in [6.45, 7) is 4.98. The topological polar surface area (TPSA) is 59.5 Å². The molecule has 0 bridgehead atoms. The smallest absolute Gasteiger partial charge is 0.693 e. The summed E-state index contributed by atoms with van der Waals surface area (Å²) in [7, 11) is 0. The Morgan fingerprint density at radius 1 is 1.62 bits per heavy atom. The van der Waals surface area contributed by atoms with Gasteiger partial charge in [0.25, 0.3) is 0 Å². The number of nitrogens with two attached hydrogens (primary N) is 2. The van der Waals surface area contributed by atoms with E-state index >= 15 is 0 Å². The van der Waals surface area contributed by atoms with E-state index in [0.29, 0.717) is 5.70 Å². The maximum absolute atomic E-state index is 5.17. The van der Waals surface area contributed by atoms with Crippen LogP contribution in [0.3, 0.4) is 0 Å². The maximum Gasteiger partial charge on any atom is -0.693 e.